The summed E-state index contributed by atoms with van der Waals surface area (Å²) in [6.45, 7) is 8.57. The molecule has 1 atom stereocenters. The third-order valence-corrected chi connectivity index (χ3v) is 5.63. The second kappa shape index (κ2) is 10.4. The first-order valence-corrected chi connectivity index (χ1v) is 10.8. The van der Waals surface area contributed by atoms with Crippen molar-refractivity contribution in [2.24, 2.45) is 0 Å². The lowest BCUT2D eigenvalue weighted by molar-refractivity contribution is -0.896. The van der Waals surface area contributed by atoms with Crippen LogP contribution in [0, 0.1) is 6.92 Å². The van der Waals surface area contributed by atoms with Gasteiger partial charge in [0.1, 0.15) is 12.3 Å². The van der Waals surface area contributed by atoms with E-state index in [2.05, 4.69) is 12.2 Å². The second-order valence-electron chi connectivity index (χ2n) is 8.19. The lowest BCUT2D eigenvalue weighted by Gasteiger charge is -2.32. The number of furan rings is 1. The standard InChI is InChI=1S/C23H32N4O3/c1-4-19-7-5-6-8-21(19)24-22(28)16-26-11-13-27(14-12-26)23(29)17-25(3)15-20-10-9-18(2)30-20/h5-10H,4,11-17H2,1-3H3,(H,24,28)/p+2. The Morgan fingerprint density at radius 3 is 2.57 bits per heavy atom. The third kappa shape index (κ3) is 6.18. The molecule has 1 aromatic heterocycles. The summed E-state index contributed by atoms with van der Waals surface area (Å²) >= 11 is 0. The van der Waals surface area contributed by atoms with Gasteiger partial charge in [0.15, 0.2) is 18.8 Å². The molecular weight excluding hydrogens is 380 g/mol. The molecule has 0 spiro atoms. The number of hydrogen-bond donors (Lipinski definition) is 3. The molecule has 0 bridgehead atoms. The smallest absolute Gasteiger partial charge is 0.279 e. The molecule has 0 radical (unpaired) electrons. The van der Waals surface area contributed by atoms with Gasteiger partial charge in [-0.15, -0.1) is 0 Å². The van der Waals surface area contributed by atoms with E-state index >= 15 is 0 Å². The van der Waals surface area contributed by atoms with Gasteiger partial charge in [-0.1, -0.05) is 25.1 Å². The van der Waals surface area contributed by atoms with Gasteiger partial charge in [0.25, 0.3) is 11.8 Å². The lowest BCUT2D eigenvalue weighted by atomic mass is 10.1. The minimum absolute atomic E-state index is 0.0311. The summed E-state index contributed by atoms with van der Waals surface area (Å²) in [5.74, 6) is 1.99. The quantitative estimate of drug-likeness (QED) is 0.547. The Balaban J connectivity index is 1.40. The first kappa shape index (κ1) is 22.1. The first-order chi connectivity index (χ1) is 14.4. The van der Waals surface area contributed by atoms with E-state index in [4.69, 9.17) is 4.42 Å². The molecule has 3 N–H and O–H groups in total. The minimum Gasteiger partial charge on any atom is -0.460 e. The van der Waals surface area contributed by atoms with Gasteiger partial charge in [-0.3, -0.25) is 9.59 Å². The Hall–Kier alpha value is -2.64. The zero-order valence-electron chi connectivity index (χ0n) is 18.3. The van der Waals surface area contributed by atoms with Gasteiger partial charge in [0.05, 0.1) is 33.2 Å². The van der Waals surface area contributed by atoms with Crippen molar-refractivity contribution in [3.8, 4) is 0 Å². The van der Waals surface area contributed by atoms with Crippen molar-refractivity contribution in [1.29, 1.82) is 0 Å². The Morgan fingerprint density at radius 2 is 1.90 bits per heavy atom. The number of nitrogens with zero attached hydrogens (tertiary/aromatic N) is 1. The highest BCUT2D eigenvalue weighted by Crippen LogP contribution is 2.14. The van der Waals surface area contributed by atoms with Crippen LogP contribution in [0.15, 0.2) is 40.8 Å². The minimum atomic E-state index is 0.0311. The van der Waals surface area contributed by atoms with E-state index < -0.39 is 0 Å². The van der Waals surface area contributed by atoms with Crippen LogP contribution in [0.3, 0.4) is 0 Å². The zero-order chi connectivity index (χ0) is 21.5. The predicted octanol–water partition coefficient (Wildman–Crippen LogP) is -0.469. The van der Waals surface area contributed by atoms with E-state index in [1.54, 1.807) is 0 Å². The van der Waals surface area contributed by atoms with E-state index in [0.717, 1.165) is 47.2 Å². The fourth-order valence-corrected chi connectivity index (χ4v) is 3.93. The Morgan fingerprint density at radius 1 is 1.17 bits per heavy atom. The molecule has 2 aromatic rings. The topological polar surface area (TPSA) is 71.4 Å². The monoisotopic (exact) mass is 414 g/mol. The average molecular weight is 415 g/mol. The predicted molar refractivity (Wildman–Crippen MR) is 115 cm³/mol. The number of hydrogen-bond acceptors (Lipinski definition) is 3. The van der Waals surface area contributed by atoms with Gasteiger partial charge in [0.2, 0.25) is 0 Å². The van der Waals surface area contributed by atoms with Crippen LogP contribution < -0.4 is 15.1 Å². The number of aryl methyl sites for hydroxylation is 2. The number of carbonyl (C=O) groups excluding carboxylic acids is 2. The number of carbonyl (C=O) groups is 2. The number of quaternary nitrogens is 2. The van der Waals surface area contributed by atoms with Crippen LogP contribution in [0.2, 0.25) is 0 Å². The number of para-hydroxylation sites is 1. The van der Waals surface area contributed by atoms with Crippen molar-refractivity contribution in [2.45, 2.75) is 26.8 Å². The molecule has 1 saturated heterocycles. The van der Waals surface area contributed by atoms with Crippen LogP contribution in [0.5, 0.6) is 0 Å². The molecule has 0 aliphatic carbocycles. The molecule has 2 heterocycles. The van der Waals surface area contributed by atoms with Crippen molar-refractivity contribution < 1.29 is 23.8 Å². The Kier molecular flexibility index (Phi) is 7.65. The molecule has 162 valence electrons. The van der Waals surface area contributed by atoms with Gasteiger partial charge in [-0.25, -0.2) is 0 Å². The number of benzene rings is 1. The number of anilines is 1. The van der Waals surface area contributed by atoms with Gasteiger partial charge < -0.3 is 24.4 Å². The molecule has 1 fully saturated rings. The van der Waals surface area contributed by atoms with E-state index in [1.807, 2.05) is 55.3 Å². The van der Waals surface area contributed by atoms with Gasteiger partial charge >= 0.3 is 0 Å². The van der Waals surface area contributed by atoms with Crippen molar-refractivity contribution in [3.63, 3.8) is 0 Å². The van der Waals surface area contributed by atoms with Crippen LogP contribution in [0.25, 0.3) is 0 Å². The summed E-state index contributed by atoms with van der Waals surface area (Å²) in [6.07, 6.45) is 0.889. The summed E-state index contributed by atoms with van der Waals surface area (Å²) in [6, 6.07) is 11.8. The molecule has 1 aliphatic heterocycles. The molecule has 1 unspecified atom stereocenters. The molecular formula is C23H34N4O3+2. The zero-order valence-corrected chi connectivity index (χ0v) is 18.3. The van der Waals surface area contributed by atoms with Crippen LogP contribution >= 0.6 is 0 Å². The maximum Gasteiger partial charge on any atom is 0.279 e. The third-order valence-electron chi connectivity index (χ3n) is 5.63. The SMILES string of the molecule is CCc1ccccc1NC(=O)C[NH+]1CCN(C(=O)C[NH+](C)Cc2ccc(C)o2)CC1. The molecule has 0 saturated carbocycles. The number of rotatable bonds is 8. The fourth-order valence-electron chi connectivity index (χ4n) is 3.93. The summed E-state index contributed by atoms with van der Waals surface area (Å²) < 4.78 is 5.60. The largest absolute Gasteiger partial charge is 0.460 e. The maximum absolute atomic E-state index is 12.6. The van der Waals surface area contributed by atoms with Crippen molar-refractivity contribution in [2.75, 3.05) is 51.6 Å². The average Bonchev–Trinajstić information content (AvgIpc) is 3.13. The van der Waals surface area contributed by atoms with Crippen molar-refractivity contribution in [1.82, 2.24) is 4.90 Å². The number of likely N-dealkylation sites (N-methyl/N-ethyl adjacent to an activating group) is 1. The first-order valence-electron chi connectivity index (χ1n) is 10.8. The number of amides is 2. The summed E-state index contributed by atoms with van der Waals surface area (Å²) in [5.41, 5.74) is 2.04. The van der Waals surface area contributed by atoms with Crippen molar-refractivity contribution >= 4 is 17.5 Å². The summed E-state index contributed by atoms with van der Waals surface area (Å²) in [7, 11) is 2.01. The van der Waals surface area contributed by atoms with Gasteiger partial charge in [-0.2, -0.15) is 0 Å². The van der Waals surface area contributed by atoms with E-state index in [1.165, 1.54) is 4.90 Å². The summed E-state index contributed by atoms with van der Waals surface area (Å²) in [5, 5.41) is 3.04. The van der Waals surface area contributed by atoms with E-state index in [0.29, 0.717) is 32.7 Å². The normalized spacial score (nSPS) is 15.8. The van der Waals surface area contributed by atoms with Crippen LogP contribution in [-0.2, 0) is 22.6 Å². The van der Waals surface area contributed by atoms with E-state index in [9.17, 15) is 9.59 Å². The molecule has 7 nitrogen and oxygen atoms in total. The van der Waals surface area contributed by atoms with Crippen LogP contribution in [0.4, 0.5) is 5.69 Å². The molecule has 2 amide bonds. The number of piperazine rings is 1. The highest BCUT2D eigenvalue weighted by Gasteiger charge is 2.27. The Labute approximate surface area is 178 Å². The van der Waals surface area contributed by atoms with Gasteiger partial charge in [-0.05, 0) is 37.1 Å². The summed E-state index contributed by atoms with van der Waals surface area (Å²) in [4.78, 5) is 29.3. The lowest BCUT2D eigenvalue weighted by Crippen LogP contribution is -3.16. The number of nitrogens with one attached hydrogen (secondary N) is 3. The highest BCUT2D eigenvalue weighted by atomic mass is 16.3. The maximum atomic E-state index is 12.6. The fraction of sp³-hybridized carbons (Fsp3) is 0.478. The highest BCUT2D eigenvalue weighted by molar-refractivity contribution is 5.92. The Bertz CT molecular complexity index is 856. The molecule has 3 rings (SSSR count). The second-order valence-corrected chi connectivity index (χ2v) is 8.19. The molecule has 1 aliphatic rings. The molecule has 1 aromatic carbocycles. The molecule has 7 heteroatoms. The van der Waals surface area contributed by atoms with Crippen LogP contribution in [0.1, 0.15) is 24.0 Å². The van der Waals surface area contributed by atoms with Crippen molar-refractivity contribution in [3.05, 3.63) is 53.5 Å². The molecule has 30 heavy (non-hydrogen) atoms. The van der Waals surface area contributed by atoms with Crippen LogP contribution in [-0.4, -0.2) is 63.0 Å². The van der Waals surface area contributed by atoms with Gasteiger partial charge in [0, 0.05) is 5.69 Å². The van der Waals surface area contributed by atoms with E-state index in [-0.39, 0.29) is 11.8 Å².